The van der Waals surface area contributed by atoms with Gasteiger partial charge in [-0.1, -0.05) is 6.92 Å². The van der Waals surface area contributed by atoms with E-state index in [0.717, 1.165) is 25.9 Å². The van der Waals surface area contributed by atoms with Crippen LogP contribution in [-0.4, -0.2) is 55.1 Å². The van der Waals surface area contributed by atoms with Crippen LogP contribution in [0.1, 0.15) is 26.7 Å². The number of hydrogen-bond acceptors (Lipinski definition) is 3. The van der Waals surface area contributed by atoms with E-state index < -0.39 is 0 Å². The average molecular weight is 213 g/mol. The fraction of sp³-hybridized carbons (Fsp3) is 0.909. The molecule has 1 fully saturated rings. The minimum Gasteiger partial charge on any atom is -0.326 e. The maximum absolute atomic E-state index is 11.8. The van der Waals surface area contributed by atoms with Crippen LogP contribution in [0.15, 0.2) is 0 Å². The molecular formula is C11H23N3O. The van der Waals surface area contributed by atoms with E-state index in [0.29, 0.717) is 0 Å². The number of carbonyl (C=O) groups excluding carboxylic acids is 1. The molecule has 2 atom stereocenters. The maximum Gasteiger partial charge on any atom is 0.240 e. The molecule has 0 saturated carbocycles. The highest BCUT2D eigenvalue weighted by Crippen LogP contribution is 2.13. The van der Waals surface area contributed by atoms with Crippen LogP contribution in [0.3, 0.4) is 0 Å². The summed E-state index contributed by atoms with van der Waals surface area (Å²) in [5, 5.41) is 3.30. The Morgan fingerprint density at radius 1 is 1.47 bits per heavy atom. The van der Waals surface area contributed by atoms with Crippen molar-refractivity contribution in [1.29, 1.82) is 0 Å². The third-order valence-electron chi connectivity index (χ3n) is 2.86. The van der Waals surface area contributed by atoms with Crippen LogP contribution in [0.25, 0.3) is 0 Å². The predicted molar refractivity (Wildman–Crippen MR) is 61.6 cm³/mol. The van der Waals surface area contributed by atoms with Gasteiger partial charge in [0.05, 0.1) is 12.2 Å². The van der Waals surface area contributed by atoms with E-state index >= 15 is 0 Å². The van der Waals surface area contributed by atoms with Crippen molar-refractivity contribution in [2.75, 3.05) is 27.2 Å². The molecule has 0 aromatic carbocycles. The van der Waals surface area contributed by atoms with E-state index in [1.54, 1.807) is 0 Å². The molecule has 1 rings (SSSR count). The van der Waals surface area contributed by atoms with Crippen LogP contribution < -0.4 is 5.32 Å². The fourth-order valence-electron chi connectivity index (χ4n) is 2.01. The molecule has 88 valence electrons. The average Bonchev–Trinajstić information content (AvgIpc) is 2.44. The summed E-state index contributed by atoms with van der Waals surface area (Å²) in [7, 11) is 4.12. The van der Waals surface area contributed by atoms with Gasteiger partial charge in [0.2, 0.25) is 5.91 Å². The summed E-state index contributed by atoms with van der Waals surface area (Å²) in [5.74, 6) is 0.251. The molecule has 1 saturated heterocycles. The van der Waals surface area contributed by atoms with E-state index in [4.69, 9.17) is 0 Å². The zero-order chi connectivity index (χ0) is 11.4. The predicted octanol–water partition coefficient (Wildman–Crippen LogP) is 0.495. The van der Waals surface area contributed by atoms with Crippen LogP contribution in [-0.2, 0) is 4.79 Å². The first-order valence-electron chi connectivity index (χ1n) is 5.77. The SMILES string of the molecule is CCC1NC(C)C(=O)N1CCCN(C)C. The second-order valence-electron chi connectivity index (χ2n) is 4.50. The number of nitrogens with one attached hydrogen (secondary N) is 1. The molecule has 0 bridgehead atoms. The van der Waals surface area contributed by atoms with Gasteiger partial charge >= 0.3 is 0 Å². The summed E-state index contributed by atoms with van der Waals surface area (Å²) in [6.07, 6.45) is 2.27. The fourth-order valence-corrected chi connectivity index (χ4v) is 2.01. The summed E-state index contributed by atoms with van der Waals surface area (Å²) in [6.45, 7) is 5.96. The molecule has 4 heteroatoms. The molecule has 0 aromatic heterocycles. The lowest BCUT2D eigenvalue weighted by molar-refractivity contribution is -0.129. The van der Waals surface area contributed by atoms with Gasteiger partial charge in [-0.25, -0.2) is 0 Å². The van der Waals surface area contributed by atoms with Gasteiger partial charge in [-0.15, -0.1) is 0 Å². The van der Waals surface area contributed by atoms with Crippen molar-refractivity contribution < 1.29 is 4.79 Å². The maximum atomic E-state index is 11.8. The Kier molecular flexibility index (Phi) is 4.54. The van der Waals surface area contributed by atoms with Gasteiger partial charge < -0.3 is 9.80 Å². The lowest BCUT2D eigenvalue weighted by Gasteiger charge is -2.23. The van der Waals surface area contributed by atoms with Crippen LogP contribution in [0.4, 0.5) is 0 Å². The third-order valence-corrected chi connectivity index (χ3v) is 2.86. The molecule has 1 aliphatic rings. The molecule has 1 heterocycles. The Morgan fingerprint density at radius 2 is 2.13 bits per heavy atom. The number of hydrogen-bond donors (Lipinski definition) is 1. The molecular weight excluding hydrogens is 190 g/mol. The normalized spacial score (nSPS) is 26.7. The van der Waals surface area contributed by atoms with Crippen molar-refractivity contribution in [2.45, 2.75) is 38.9 Å². The minimum absolute atomic E-state index is 0.00527. The first-order valence-corrected chi connectivity index (χ1v) is 5.77. The Bertz CT molecular complexity index is 218. The molecule has 15 heavy (non-hydrogen) atoms. The van der Waals surface area contributed by atoms with Crippen molar-refractivity contribution in [2.24, 2.45) is 0 Å². The van der Waals surface area contributed by atoms with Gasteiger partial charge in [-0.2, -0.15) is 0 Å². The van der Waals surface area contributed by atoms with Gasteiger partial charge in [-0.05, 0) is 40.4 Å². The monoisotopic (exact) mass is 213 g/mol. The molecule has 4 nitrogen and oxygen atoms in total. The first-order chi connectivity index (χ1) is 7.06. The molecule has 1 amide bonds. The van der Waals surface area contributed by atoms with Crippen molar-refractivity contribution in [3.05, 3.63) is 0 Å². The van der Waals surface area contributed by atoms with Crippen molar-refractivity contribution >= 4 is 5.91 Å². The van der Waals surface area contributed by atoms with E-state index in [1.165, 1.54) is 0 Å². The summed E-state index contributed by atoms with van der Waals surface area (Å²) in [6, 6.07) is -0.00527. The largest absolute Gasteiger partial charge is 0.326 e. The Labute approximate surface area is 92.6 Å². The van der Waals surface area contributed by atoms with Gasteiger partial charge in [0.25, 0.3) is 0 Å². The van der Waals surface area contributed by atoms with Gasteiger partial charge in [0.15, 0.2) is 0 Å². The van der Waals surface area contributed by atoms with Crippen molar-refractivity contribution in [1.82, 2.24) is 15.1 Å². The van der Waals surface area contributed by atoms with Gasteiger partial charge in [-0.3, -0.25) is 10.1 Å². The van der Waals surface area contributed by atoms with Crippen LogP contribution in [0.5, 0.6) is 0 Å². The number of carbonyl (C=O) groups is 1. The van der Waals surface area contributed by atoms with Crippen LogP contribution >= 0.6 is 0 Å². The second-order valence-corrected chi connectivity index (χ2v) is 4.50. The first kappa shape index (κ1) is 12.5. The second kappa shape index (κ2) is 5.47. The molecule has 1 aliphatic heterocycles. The Balaban J connectivity index is 2.40. The molecule has 0 aliphatic carbocycles. The van der Waals surface area contributed by atoms with E-state index in [2.05, 4.69) is 31.2 Å². The Morgan fingerprint density at radius 3 is 2.67 bits per heavy atom. The summed E-state index contributed by atoms with van der Waals surface area (Å²) >= 11 is 0. The lowest BCUT2D eigenvalue weighted by Crippen LogP contribution is -2.38. The number of nitrogens with zero attached hydrogens (tertiary/aromatic N) is 2. The molecule has 0 spiro atoms. The van der Waals surface area contributed by atoms with Crippen molar-refractivity contribution in [3.8, 4) is 0 Å². The van der Waals surface area contributed by atoms with E-state index in [9.17, 15) is 4.79 Å². The third kappa shape index (κ3) is 3.18. The number of rotatable bonds is 5. The summed E-state index contributed by atoms with van der Waals surface area (Å²) < 4.78 is 0. The van der Waals surface area contributed by atoms with E-state index in [-0.39, 0.29) is 18.1 Å². The summed E-state index contributed by atoms with van der Waals surface area (Å²) in [4.78, 5) is 15.9. The molecule has 0 aromatic rings. The highest BCUT2D eigenvalue weighted by Gasteiger charge is 2.34. The van der Waals surface area contributed by atoms with Crippen LogP contribution in [0, 0.1) is 0 Å². The topological polar surface area (TPSA) is 35.6 Å². The highest BCUT2D eigenvalue weighted by atomic mass is 16.2. The number of amides is 1. The quantitative estimate of drug-likeness (QED) is 0.722. The molecule has 0 radical (unpaired) electrons. The van der Waals surface area contributed by atoms with Crippen molar-refractivity contribution in [3.63, 3.8) is 0 Å². The standard InChI is InChI=1S/C11H23N3O/c1-5-10-12-9(2)11(15)14(10)8-6-7-13(3)4/h9-10,12H,5-8H2,1-4H3. The van der Waals surface area contributed by atoms with Gasteiger partial charge in [0, 0.05) is 6.54 Å². The lowest BCUT2D eigenvalue weighted by atomic mass is 10.3. The van der Waals surface area contributed by atoms with Gasteiger partial charge in [0.1, 0.15) is 0 Å². The Hall–Kier alpha value is -0.610. The van der Waals surface area contributed by atoms with E-state index in [1.807, 2.05) is 11.8 Å². The minimum atomic E-state index is -0.00527. The summed E-state index contributed by atoms with van der Waals surface area (Å²) in [5.41, 5.74) is 0. The molecule has 2 unspecified atom stereocenters. The van der Waals surface area contributed by atoms with Crippen LogP contribution in [0.2, 0.25) is 0 Å². The zero-order valence-corrected chi connectivity index (χ0v) is 10.3. The zero-order valence-electron chi connectivity index (χ0n) is 10.3. The molecule has 1 N–H and O–H groups in total. The smallest absolute Gasteiger partial charge is 0.240 e. The highest BCUT2D eigenvalue weighted by molar-refractivity contribution is 5.83.